The standard InChI is InChI=1S/C12H19F3N4/c1-5-16-10-8(3)11(18-9(4)17-10)19(6-2)7-12(13,14)15/h5-7H2,1-4H3,(H,16,17,18). The molecule has 1 heterocycles. The number of hydrogen-bond donors (Lipinski definition) is 1. The molecule has 4 nitrogen and oxygen atoms in total. The number of nitrogens with one attached hydrogen (secondary N) is 1. The number of hydrogen-bond acceptors (Lipinski definition) is 4. The second-order valence-corrected chi connectivity index (χ2v) is 4.23. The molecule has 0 aliphatic rings. The molecule has 1 rings (SSSR count). The van der Waals surface area contributed by atoms with E-state index in [1.54, 1.807) is 20.8 Å². The van der Waals surface area contributed by atoms with Gasteiger partial charge in [-0.05, 0) is 27.7 Å². The highest BCUT2D eigenvalue weighted by Gasteiger charge is 2.31. The summed E-state index contributed by atoms with van der Waals surface area (Å²) >= 11 is 0. The summed E-state index contributed by atoms with van der Waals surface area (Å²) in [6.45, 7) is 6.87. The summed E-state index contributed by atoms with van der Waals surface area (Å²) < 4.78 is 37.7. The van der Waals surface area contributed by atoms with Crippen LogP contribution in [-0.2, 0) is 0 Å². The third kappa shape index (κ3) is 4.25. The summed E-state index contributed by atoms with van der Waals surface area (Å²) in [6, 6.07) is 0. The van der Waals surface area contributed by atoms with Crippen molar-refractivity contribution in [3.8, 4) is 0 Å². The average molecular weight is 276 g/mol. The Morgan fingerprint density at radius 2 is 1.79 bits per heavy atom. The van der Waals surface area contributed by atoms with Crippen molar-refractivity contribution in [2.75, 3.05) is 29.9 Å². The highest BCUT2D eigenvalue weighted by atomic mass is 19.4. The molecule has 0 amide bonds. The van der Waals surface area contributed by atoms with Gasteiger partial charge < -0.3 is 10.2 Å². The minimum absolute atomic E-state index is 0.238. The first-order valence-electron chi connectivity index (χ1n) is 6.19. The zero-order valence-corrected chi connectivity index (χ0v) is 11.6. The third-order valence-corrected chi connectivity index (χ3v) is 2.63. The summed E-state index contributed by atoms with van der Waals surface area (Å²) in [5, 5.41) is 3.04. The molecule has 1 N–H and O–H groups in total. The molecule has 0 saturated carbocycles. The molecule has 0 fully saturated rings. The third-order valence-electron chi connectivity index (χ3n) is 2.63. The molecule has 0 aliphatic heterocycles. The fraction of sp³-hybridized carbons (Fsp3) is 0.667. The average Bonchev–Trinajstić information content (AvgIpc) is 2.29. The molecule has 0 spiro atoms. The Hall–Kier alpha value is -1.53. The van der Waals surface area contributed by atoms with Crippen LogP contribution in [0.15, 0.2) is 0 Å². The number of nitrogens with zero attached hydrogens (tertiary/aromatic N) is 3. The Morgan fingerprint density at radius 3 is 2.26 bits per heavy atom. The van der Waals surface area contributed by atoms with Crippen LogP contribution in [0.5, 0.6) is 0 Å². The number of anilines is 2. The Bertz CT molecular complexity index is 432. The second-order valence-electron chi connectivity index (χ2n) is 4.23. The zero-order chi connectivity index (χ0) is 14.6. The molecule has 0 unspecified atom stereocenters. The van der Waals surface area contributed by atoms with Crippen LogP contribution in [0.3, 0.4) is 0 Å². The van der Waals surface area contributed by atoms with Crippen LogP contribution in [0.4, 0.5) is 24.8 Å². The molecule has 7 heteroatoms. The lowest BCUT2D eigenvalue weighted by atomic mass is 10.2. The summed E-state index contributed by atoms with van der Waals surface area (Å²) in [5.74, 6) is 1.38. The maximum absolute atomic E-state index is 12.6. The molecule has 1 aromatic rings. The van der Waals surface area contributed by atoms with Crippen LogP contribution in [0, 0.1) is 13.8 Å². The van der Waals surface area contributed by atoms with Crippen LogP contribution >= 0.6 is 0 Å². The summed E-state index contributed by atoms with van der Waals surface area (Å²) in [5.41, 5.74) is 0.638. The van der Waals surface area contributed by atoms with Gasteiger partial charge >= 0.3 is 6.18 Å². The number of aryl methyl sites for hydroxylation is 1. The van der Waals surface area contributed by atoms with Crippen molar-refractivity contribution in [1.29, 1.82) is 0 Å². The minimum Gasteiger partial charge on any atom is -0.370 e. The van der Waals surface area contributed by atoms with Crippen molar-refractivity contribution in [2.45, 2.75) is 33.9 Å². The van der Waals surface area contributed by atoms with E-state index in [0.29, 0.717) is 29.6 Å². The minimum atomic E-state index is -4.25. The van der Waals surface area contributed by atoms with Crippen LogP contribution in [0.25, 0.3) is 0 Å². The van der Waals surface area contributed by atoms with Crippen molar-refractivity contribution in [3.63, 3.8) is 0 Å². The molecule has 0 saturated heterocycles. The first-order valence-corrected chi connectivity index (χ1v) is 6.19. The SMILES string of the molecule is CCNc1nc(C)nc(N(CC)CC(F)(F)F)c1C. The molecule has 1 aromatic heterocycles. The van der Waals surface area contributed by atoms with E-state index in [4.69, 9.17) is 0 Å². The summed E-state index contributed by atoms with van der Waals surface area (Å²) in [6.07, 6.45) is -4.25. The summed E-state index contributed by atoms with van der Waals surface area (Å²) in [4.78, 5) is 9.57. The Kier molecular flexibility index (Phi) is 4.97. The Balaban J connectivity index is 3.16. The highest BCUT2D eigenvalue weighted by molar-refractivity contribution is 5.58. The lowest BCUT2D eigenvalue weighted by molar-refractivity contribution is -0.119. The van der Waals surface area contributed by atoms with Gasteiger partial charge in [0.2, 0.25) is 0 Å². The smallest absolute Gasteiger partial charge is 0.370 e. The number of alkyl halides is 3. The highest BCUT2D eigenvalue weighted by Crippen LogP contribution is 2.26. The van der Waals surface area contributed by atoms with E-state index in [9.17, 15) is 13.2 Å². The van der Waals surface area contributed by atoms with Gasteiger partial charge in [-0.25, -0.2) is 9.97 Å². The predicted molar refractivity (Wildman–Crippen MR) is 69.6 cm³/mol. The van der Waals surface area contributed by atoms with Gasteiger partial charge in [-0.3, -0.25) is 0 Å². The maximum atomic E-state index is 12.6. The molecular formula is C12H19F3N4. The van der Waals surface area contributed by atoms with E-state index in [1.165, 1.54) is 4.90 Å². The van der Waals surface area contributed by atoms with Gasteiger partial charge in [-0.2, -0.15) is 13.2 Å². The van der Waals surface area contributed by atoms with Crippen LogP contribution in [0.1, 0.15) is 25.2 Å². The largest absolute Gasteiger partial charge is 0.405 e. The van der Waals surface area contributed by atoms with Gasteiger partial charge in [0.15, 0.2) is 0 Å². The second kappa shape index (κ2) is 6.08. The topological polar surface area (TPSA) is 41.1 Å². The number of halogens is 3. The van der Waals surface area contributed by atoms with Gasteiger partial charge in [0.1, 0.15) is 24.0 Å². The number of aromatic nitrogens is 2. The van der Waals surface area contributed by atoms with Crippen LogP contribution in [0.2, 0.25) is 0 Å². The number of rotatable bonds is 5. The molecule has 0 aliphatic carbocycles. The lowest BCUT2D eigenvalue weighted by Gasteiger charge is -2.26. The van der Waals surface area contributed by atoms with Crippen molar-refractivity contribution in [1.82, 2.24) is 9.97 Å². The monoisotopic (exact) mass is 276 g/mol. The predicted octanol–water partition coefficient (Wildman–Crippen LogP) is 2.91. The molecule has 0 atom stereocenters. The first-order chi connectivity index (χ1) is 8.78. The van der Waals surface area contributed by atoms with E-state index >= 15 is 0 Å². The van der Waals surface area contributed by atoms with Crippen LogP contribution < -0.4 is 10.2 Å². The Morgan fingerprint density at radius 1 is 1.16 bits per heavy atom. The fourth-order valence-corrected chi connectivity index (χ4v) is 1.81. The maximum Gasteiger partial charge on any atom is 0.405 e. The van der Waals surface area contributed by atoms with Crippen molar-refractivity contribution < 1.29 is 13.2 Å². The first kappa shape index (κ1) is 15.5. The van der Waals surface area contributed by atoms with Crippen molar-refractivity contribution in [3.05, 3.63) is 11.4 Å². The molecular weight excluding hydrogens is 257 g/mol. The molecule has 0 radical (unpaired) electrons. The van der Waals surface area contributed by atoms with Gasteiger partial charge in [0, 0.05) is 18.7 Å². The quantitative estimate of drug-likeness (QED) is 0.897. The van der Waals surface area contributed by atoms with Gasteiger partial charge in [-0.1, -0.05) is 0 Å². The van der Waals surface area contributed by atoms with Gasteiger partial charge in [-0.15, -0.1) is 0 Å². The van der Waals surface area contributed by atoms with Gasteiger partial charge in [0.05, 0.1) is 0 Å². The van der Waals surface area contributed by atoms with Crippen molar-refractivity contribution >= 4 is 11.6 Å². The summed E-state index contributed by atoms with van der Waals surface area (Å²) in [7, 11) is 0. The van der Waals surface area contributed by atoms with E-state index in [2.05, 4.69) is 15.3 Å². The molecule has 0 aromatic carbocycles. The van der Waals surface area contributed by atoms with Crippen molar-refractivity contribution in [2.24, 2.45) is 0 Å². The van der Waals surface area contributed by atoms with E-state index in [-0.39, 0.29) is 6.54 Å². The van der Waals surface area contributed by atoms with E-state index < -0.39 is 12.7 Å². The molecule has 0 bridgehead atoms. The Labute approximate surface area is 111 Å². The zero-order valence-electron chi connectivity index (χ0n) is 11.6. The van der Waals surface area contributed by atoms with E-state index in [1.807, 2.05) is 6.92 Å². The van der Waals surface area contributed by atoms with Gasteiger partial charge in [0.25, 0.3) is 0 Å². The lowest BCUT2D eigenvalue weighted by Crippen LogP contribution is -2.35. The molecule has 19 heavy (non-hydrogen) atoms. The van der Waals surface area contributed by atoms with E-state index in [0.717, 1.165) is 0 Å². The normalized spacial score (nSPS) is 11.5. The molecule has 108 valence electrons. The fourth-order valence-electron chi connectivity index (χ4n) is 1.81. The van der Waals surface area contributed by atoms with Crippen LogP contribution in [-0.4, -0.2) is 35.8 Å².